The minimum absolute atomic E-state index is 0.131. The molecule has 0 fully saturated rings. The van der Waals surface area contributed by atoms with Crippen LogP contribution in [0.25, 0.3) is 0 Å². The third-order valence-electron chi connectivity index (χ3n) is 2.89. The Bertz CT molecular complexity index is 649. The molecule has 1 amide bonds. The molecule has 2 aromatic rings. The number of carbonyl (C=O) groups is 1. The van der Waals surface area contributed by atoms with Crippen LogP contribution in [0, 0.1) is 0 Å². The number of hydrogen-bond donors (Lipinski definition) is 1. The molecule has 0 radical (unpaired) electrons. The van der Waals surface area contributed by atoms with E-state index >= 15 is 0 Å². The summed E-state index contributed by atoms with van der Waals surface area (Å²) in [6, 6.07) is 15.4. The Morgan fingerprint density at radius 2 is 1.52 bits per heavy atom. The predicted octanol–water partition coefficient (Wildman–Crippen LogP) is 4.29. The van der Waals surface area contributed by atoms with E-state index in [-0.39, 0.29) is 5.91 Å². The summed E-state index contributed by atoms with van der Waals surface area (Å²) in [5.41, 5.74) is 5.28. The molecule has 5 heteroatoms. The van der Waals surface area contributed by atoms with Crippen molar-refractivity contribution < 1.29 is 4.79 Å². The molecule has 108 valence electrons. The molecule has 0 aliphatic rings. The van der Waals surface area contributed by atoms with E-state index in [2.05, 4.69) is 42.4 Å². The van der Waals surface area contributed by atoms with Crippen LogP contribution in [-0.2, 0) is 11.2 Å². The van der Waals surface area contributed by atoms with E-state index < -0.39 is 0 Å². The molecule has 21 heavy (non-hydrogen) atoms. The van der Waals surface area contributed by atoms with E-state index in [0.29, 0.717) is 6.42 Å². The summed E-state index contributed by atoms with van der Waals surface area (Å²) < 4.78 is 2.01. The maximum Gasteiger partial charge on any atom is 0.244 e. The molecular formula is C16H14Br2N2O. The van der Waals surface area contributed by atoms with E-state index in [4.69, 9.17) is 0 Å². The topological polar surface area (TPSA) is 41.5 Å². The number of nitrogens with zero attached hydrogens (tertiary/aromatic N) is 1. The molecule has 0 aliphatic heterocycles. The third-order valence-corrected chi connectivity index (χ3v) is 3.95. The van der Waals surface area contributed by atoms with Crippen molar-refractivity contribution in [3.8, 4) is 0 Å². The highest BCUT2D eigenvalue weighted by Crippen LogP contribution is 2.12. The van der Waals surface area contributed by atoms with Gasteiger partial charge in [-0.2, -0.15) is 5.10 Å². The summed E-state index contributed by atoms with van der Waals surface area (Å²) >= 11 is 6.75. The molecule has 3 nitrogen and oxygen atoms in total. The number of carbonyl (C=O) groups excluding carboxylic acids is 1. The highest BCUT2D eigenvalue weighted by atomic mass is 79.9. The van der Waals surface area contributed by atoms with Gasteiger partial charge in [-0.1, -0.05) is 56.1 Å². The third kappa shape index (κ3) is 5.10. The summed E-state index contributed by atoms with van der Waals surface area (Å²) in [4.78, 5) is 11.8. The van der Waals surface area contributed by atoms with Gasteiger partial charge in [0.1, 0.15) is 0 Å². The summed E-state index contributed by atoms with van der Waals surface area (Å²) in [6.45, 7) is 1.86. The van der Waals surface area contributed by atoms with Gasteiger partial charge in [0.2, 0.25) is 5.91 Å². The second kappa shape index (κ2) is 7.52. The molecular weight excluding hydrogens is 396 g/mol. The molecule has 0 saturated heterocycles. The molecule has 2 aromatic carbocycles. The zero-order valence-electron chi connectivity index (χ0n) is 11.4. The van der Waals surface area contributed by atoms with E-state index in [1.807, 2.05) is 55.5 Å². The fourth-order valence-electron chi connectivity index (χ4n) is 1.73. The zero-order valence-corrected chi connectivity index (χ0v) is 14.6. The van der Waals surface area contributed by atoms with Crippen LogP contribution in [0.3, 0.4) is 0 Å². The zero-order chi connectivity index (χ0) is 15.2. The second-order valence-electron chi connectivity index (χ2n) is 4.54. The van der Waals surface area contributed by atoms with E-state index in [0.717, 1.165) is 25.8 Å². The SMILES string of the molecule is C/C(=N/NC(=O)Cc1ccc(Br)cc1)c1ccc(Br)cc1. The molecule has 0 aliphatic carbocycles. The van der Waals surface area contributed by atoms with Gasteiger partial charge in [-0.05, 0) is 42.3 Å². The van der Waals surface area contributed by atoms with Crippen LogP contribution in [0.4, 0.5) is 0 Å². The van der Waals surface area contributed by atoms with Gasteiger partial charge < -0.3 is 0 Å². The quantitative estimate of drug-likeness (QED) is 0.593. The molecule has 0 atom stereocenters. The monoisotopic (exact) mass is 408 g/mol. The average Bonchev–Trinajstić information content (AvgIpc) is 2.48. The van der Waals surface area contributed by atoms with Crippen molar-refractivity contribution in [2.45, 2.75) is 13.3 Å². The minimum atomic E-state index is -0.131. The number of halogens is 2. The first-order valence-electron chi connectivity index (χ1n) is 6.38. The van der Waals surface area contributed by atoms with Crippen molar-refractivity contribution in [2.75, 3.05) is 0 Å². The lowest BCUT2D eigenvalue weighted by Gasteiger charge is -2.04. The lowest BCUT2D eigenvalue weighted by Crippen LogP contribution is -2.21. The standard InChI is InChI=1S/C16H14Br2N2O/c1-11(13-4-8-15(18)9-5-13)19-20-16(21)10-12-2-6-14(17)7-3-12/h2-9H,10H2,1H3,(H,20,21)/b19-11-. The average molecular weight is 410 g/mol. The highest BCUT2D eigenvalue weighted by molar-refractivity contribution is 9.10. The summed E-state index contributed by atoms with van der Waals surface area (Å²) in [7, 11) is 0. The summed E-state index contributed by atoms with van der Waals surface area (Å²) in [5.74, 6) is -0.131. The Kier molecular flexibility index (Phi) is 5.70. The van der Waals surface area contributed by atoms with Gasteiger partial charge in [-0.3, -0.25) is 4.79 Å². The van der Waals surface area contributed by atoms with Crippen molar-refractivity contribution in [1.82, 2.24) is 5.43 Å². The van der Waals surface area contributed by atoms with Crippen molar-refractivity contribution in [3.63, 3.8) is 0 Å². The number of hydrogen-bond acceptors (Lipinski definition) is 2. The molecule has 2 rings (SSSR count). The molecule has 0 unspecified atom stereocenters. The van der Waals surface area contributed by atoms with E-state index in [9.17, 15) is 4.79 Å². The summed E-state index contributed by atoms with van der Waals surface area (Å²) in [6.07, 6.45) is 0.310. The van der Waals surface area contributed by atoms with Crippen LogP contribution in [0.1, 0.15) is 18.1 Å². The first-order valence-corrected chi connectivity index (χ1v) is 7.97. The fraction of sp³-hybridized carbons (Fsp3) is 0.125. The number of rotatable bonds is 4. The maximum atomic E-state index is 11.8. The first kappa shape index (κ1) is 15.9. The number of nitrogens with one attached hydrogen (secondary N) is 1. The fourth-order valence-corrected chi connectivity index (χ4v) is 2.26. The largest absolute Gasteiger partial charge is 0.273 e. The van der Waals surface area contributed by atoms with Crippen molar-refractivity contribution >= 4 is 43.5 Å². The van der Waals surface area contributed by atoms with E-state index in [1.54, 1.807) is 0 Å². The van der Waals surface area contributed by atoms with Gasteiger partial charge in [0, 0.05) is 8.95 Å². The lowest BCUT2D eigenvalue weighted by atomic mass is 10.1. The predicted molar refractivity (Wildman–Crippen MR) is 92.3 cm³/mol. The Morgan fingerprint density at radius 3 is 2.10 bits per heavy atom. The van der Waals surface area contributed by atoms with Gasteiger partial charge in [0.15, 0.2) is 0 Å². The Hall–Kier alpha value is -1.46. The molecule has 0 saturated carbocycles. The van der Waals surface area contributed by atoms with Crippen molar-refractivity contribution in [2.24, 2.45) is 5.10 Å². The molecule has 0 bridgehead atoms. The Labute approximate surface area is 140 Å². The number of hydrazone groups is 1. The Morgan fingerprint density at radius 1 is 1.00 bits per heavy atom. The van der Waals surface area contributed by atoms with Gasteiger partial charge in [-0.15, -0.1) is 0 Å². The number of amides is 1. The van der Waals surface area contributed by atoms with Crippen LogP contribution in [-0.4, -0.2) is 11.6 Å². The van der Waals surface area contributed by atoms with Crippen LogP contribution in [0.5, 0.6) is 0 Å². The number of benzene rings is 2. The van der Waals surface area contributed by atoms with Crippen molar-refractivity contribution in [3.05, 3.63) is 68.6 Å². The van der Waals surface area contributed by atoms with Gasteiger partial charge in [0.25, 0.3) is 0 Å². The summed E-state index contributed by atoms with van der Waals surface area (Å²) in [5, 5.41) is 4.13. The van der Waals surface area contributed by atoms with Gasteiger partial charge >= 0.3 is 0 Å². The van der Waals surface area contributed by atoms with Crippen LogP contribution >= 0.6 is 31.9 Å². The molecule has 0 heterocycles. The van der Waals surface area contributed by atoms with E-state index in [1.165, 1.54) is 0 Å². The van der Waals surface area contributed by atoms with Gasteiger partial charge in [0.05, 0.1) is 12.1 Å². The van der Waals surface area contributed by atoms with Crippen LogP contribution in [0.2, 0.25) is 0 Å². The minimum Gasteiger partial charge on any atom is -0.273 e. The van der Waals surface area contributed by atoms with Crippen molar-refractivity contribution in [1.29, 1.82) is 0 Å². The maximum absolute atomic E-state index is 11.8. The Balaban J connectivity index is 1.94. The highest BCUT2D eigenvalue weighted by Gasteiger charge is 2.03. The molecule has 1 N–H and O–H groups in total. The first-order chi connectivity index (χ1) is 10.0. The normalized spacial score (nSPS) is 11.3. The van der Waals surface area contributed by atoms with Gasteiger partial charge in [-0.25, -0.2) is 5.43 Å². The molecule has 0 spiro atoms. The van der Waals surface area contributed by atoms with Crippen LogP contribution in [0.15, 0.2) is 62.6 Å². The molecule has 0 aromatic heterocycles. The van der Waals surface area contributed by atoms with Crippen LogP contribution < -0.4 is 5.43 Å². The lowest BCUT2D eigenvalue weighted by molar-refractivity contribution is -0.120. The second-order valence-corrected chi connectivity index (χ2v) is 6.37. The smallest absolute Gasteiger partial charge is 0.244 e.